The van der Waals surface area contributed by atoms with Crippen LogP contribution in [0.1, 0.15) is 64.7 Å². The molecule has 0 saturated heterocycles. The highest BCUT2D eigenvalue weighted by Crippen LogP contribution is 2.43. The van der Waals surface area contributed by atoms with E-state index >= 15 is 0 Å². The molecule has 1 N–H and O–H groups in total. The fourth-order valence-corrected chi connectivity index (χ4v) is 4.41. The van der Waals surface area contributed by atoms with Gasteiger partial charge in [-0.3, -0.25) is 0 Å². The van der Waals surface area contributed by atoms with Crippen molar-refractivity contribution in [3.05, 3.63) is 0 Å². The first kappa shape index (κ1) is 14.3. The Morgan fingerprint density at radius 3 is 2.22 bits per heavy atom. The highest BCUT2D eigenvalue weighted by Gasteiger charge is 2.46. The van der Waals surface area contributed by atoms with Gasteiger partial charge in [0.1, 0.15) is 0 Å². The molecule has 0 aliphatic heterocycles. The van der Waals surface area contributed by atoms with E-state index < -0.39 is 0 Å². The van der Waals surface area contributed by atoms with Crippen LogP contribution in [0.4, 0.5) is 0 Å². The van der Waals surface area contributed by atoms with Crippen LogP contribution in [-0.2, 0) is 0 Å². The highest BCUT2D eigenvalue weighted by molar-refractivity contribution is 5.05. The predicted octanol–water partition coefficient (Wildman–Crippen LogP) is 3.42. The summed E-state index contributed by atoms with van der Waals surface area (Å²) in [7, 11) is 4.61. The monoisotopic (exact) mass is 252 g/mol. The SMILES string of the molecule is CCCNC(C1CCCC1)C1(N(C)C)CCCC1. The Morgan fingerprint density at radius 1 is 1.11 bits per heavy atom. The molecule has 0 amide bonds. The Hall–Kier alpha value is -0.0800. The van der Waals surface area contributed by atoms with E-state index in [-0.39, 0.29) is 0 Å². The molecule has 18 heavy (non-hydrogen) atoms. The van der Waals surface area contributed by atoms with Gasteiger partial charge in [0.2, 0.25) is 0 Å². The van der Waals surface area contributed by atoms with Crippen molar-refractivity contribution in [2.75, 3.05) is 20.6 Å². The molecule has 2 saturated carbocycles. The minimum atomic E-state index is 0.449. The van der Waals surface area contributed by atoms with Crippen LogP contribution in [0.3, 0.4) is 0 Å². The number of nitrogens with zero attached hydrogens (tertiary/aromatic N) is 1. The molecule has 2 aliphatic carbocycles. The third kappa shape index (κ3) is 2.75. The topological polar surface area (TPSA) is 15.3 Å². The molecule has 2 aliphatic rings. The van der Waals surface area contributed by atoms with Crippen LogP contribution in [0.15, 0.2) is 0 Å². The molecule has 1 unspecified atom stereocenters. The van der Waals surface area contributed by atoms with E-state index in [9.17, 15) is 0 Å². The van der Waals surface area contributed by atoms with Gasteiger partial charge in [-0.05, 0) is 58.7 Å². The molecule has 1 atom stereocenters. The van der Waals surface area contributed by atoms with Crippen LogP contribution in [-0.4, -0.2) is 37.1 Å². The van der Waals surface area contributed by atoms with Gasteiger partial charge in [-0.1, -0.05) is 32.6 Å². The van der Waals surface area contributed by atoms with Gasteiger partial charge >= 0.3 is 0 Å². The molecule has 0 aromatic rings. The summed E-state index contributed by atoms with van der Waals surface area (Å²) < 4.78 is 0. The van der Waals surface area contributed by atoms with E-state index in [2.05, 4.69) is 31.2 Å². The second-order valence-corrected chi connectivity index (χ2v) is 6.68. The van der Waals surface area contributed by atoms with Crippen LogP contribution in [0.2, 0.25) is 0 Å². The number of nitrogens with one attached hydrogen (secondary N) is 1. The Bertz CT molecular complexity index is 237. The summed E-state index contributed by atoms with van der Waals surface area (Å²) in [5.74, 6) is 0.928. The maximum Gasteiger partial charge on any atom is 0.0359 e. The van der Waals surface area contributed by atoms with Crippen molar-refractivity contribution in [1.29, 1.82) is 0 Å². The molecule has 0 bridgehead atoms. The van der Waals surface area contributed by atoms with E-state index in [0.29, 0.717) is 5.54 Å². The average Bonchev–Trinajstić information content (AvgIpc) is 3.00. The summed E-state index contributed by atoms with van der Waals surface area (Å²) in [5, 5.41) is 3.93. The number of likely N-dealkylation sites (N-methyl/N-ethyl adjacent to an activating group) is 1. The lowest BCUT2D eigenvalue weighted by atomic mass is 9.78. The lowest BCUT2D eigenvalue weighted by molar-refractivity contribution is 0.0743. The standard InChI is InChI=1S/C16H32N2/c1-4-13-17-15(14-9-5-6-10-14)16(18(2)3)11-7-8-12-16/h14-15,17H,4-13H2,1-3H3. The largest absolute Gasteiger partial charge is 0.312 e. The zero-order chi connectivity index (χ0) is 13.0. The van der Waals surface area contributed by atoms with Gasteiger partial charge in [-0.2, -0.15) is 0 Å². The third-order valence-electron chi connectivity index (χ3n) is 5.42. The van der Waals surface area contributed by atoms with Crippen LogP contribution in [0.5, 0.6) is 0 Å². The second-order valence-electron chi connectivity index (χ2n) is 6.68. The van der Waals surface area contributed by atoms with Crippen LogP contribution >= 0.6 is 0 Å². The summed E-state index contributed by atoms with van der Waals surface area (Å²) >= 11 is 0. The van der Waals surface area contributed by atoms with Crippen molar-refractivity contribution in [2.24, 2.45) is 5.92 Å². The Balaban J connectivity index is 2.13. The molecule has 0 radical (unpaired) electrons. The molecule has 106 valence electrons. The summed E-state index contributed by atoms with van der Waals surface area (Å²) in [5.41, 5.74) is 0.449. The summed E-state index contributed by atoms with van der Waals surface area (Å²) in [6.45, 7) is 3.48. The lowest BCUT2D eigenvalue weighted by Gasteiger charge is -2.46. The fourth-order valence-electron chi connectivity index (χ4n) is 4.41. The zero-order valence-corrected chi connectivity index (χ0v) is 12.7. The second kappa shape index (κ2) is 6.38. The fraction of sp³-hybridized carbons (Fsp3) is 1.00. The van der Waals surface area contributed by atoms with Crippen molar-refractivity contribution in [3.63, 3.8) is 0 Å². The quantitative estimate of drug-likeness (QED) is 0.779. The first-order valence-electron chi connectivity index (χ1n) is 8.11. The predicted molar refractivity (Wildman–Crippen MR) is 78.9 cm³/mol. The van der Waals surface area contributed by atoms with Crippen molar-refractivity contribution in [1.82, 2.24) is 10.2 Å². The number of hydrogen-bond acceptors (Lipinski definition) is 2. The van der Waals surface area contributed by atoms with E-state index in [0.717, 1.165) is 12.0 Å². The van der Waals surface area contributed by atoms with E-state index in [1.165, 1.54) is 64.3 Å². The average molecular weight is 252 g/mol. The van der Waals surface area contributed by atoms with Crippen molar-refractivity contribution < 1.29 is 0 Å². The molecule has 0 spiro atoms. The van der Waals surface area contributed by atoms with E-state index in [1.54, 1.807) is 0 Å². The van der Waals surface area contributed by atoms with Gasteiger partial charge in [-0.15, -0.1) is 0 Å². The van der Waals surface area contributed by atoms with Gasteiger partial charge in [0.15, 0.2) is 0 Å². The maximum absolute atomic E-state index is 3.93. The van der Waals surface area contributed by atoms with Crippen molar-refractivity contribution >= 4 is 0 Å². The van der Waals surface area contributed by atoms with Gasteiger partial charge in [-0.25, -0.2) is 0 Å². The van der Waals surface area contributed by atoms with Gasteiger partial charge in [0, 0.05) is 11.6 Å². The Kier molecular flexibility index (Phi) is 5.08. The van der Waals surface area contributed by atoms with Crippen LogP contribution < -0.4 is 5.32 Å². The maximum atomic E-state index is 3.93. The summed E-state index contributed by atoms with van der Waals surface area (Å²) in [6.07, 6.45) is 12.7. The molecular weight excluding hydrogens is 220 g/mol. The lowest BCUT2D eigenvalue weighted by Crippen LogP contribution is -2.60. The molecular formula is C16H32N2. The summed E-state index contributed by atoms with van der Waals surface area (Å²) in [6, 6.07) is 0.734. The third-order valence-corrected chi connectivity index (χ3v) is 5.42. The van der Waals surface area contributed by atoms with Crippen LogP contribution in [0.25, 0.3) is 0 Å². The molecule has 2 heteroatoms. The number of rotatable bonds is 6. The van der Waals surface area contributed by atoms with Crippen molar-refractivity contribution in [3.8, 4) is 0 Å². The minimum Gasteiger partial charge on any atom is -0.312 e. The molecule has 0 aromatic carbocycles. The zero-order valence-electron chi connectivity index (χ0n) is 12.7. The van der Waals surface area contributed by atoms with Gasteiger partial charge in [0.05, 0.1) is 0 Å². The van der Waals surface area contributed by atoms with Crippen molar-refractivity contribution in [2.45, 2.75) is 76.3 Å². The first-order valence-corrected chi connectivity index (χ1v) is 8.11. The highest BCUT2D eigenvalue weighted by atomic mass is 15.2. The Morgan fingerprint density at radius 2 is 1.72 bits per heavy atom. The van der Waals surface area contributed by atoms with Crippen LogP contribution in [0, 0.1) is 5.92 Å². The molecule has 0 aromatic heterocycles. The van der Waals surface area contributed by atoms with E-state index in [4.69, 9.17) is 0 Å². The molecule has 2 fully saturated rings. The summed E-state index contributed by atoms with van der Waals surface area (Å²) in [4.78, 5) is 2.55. The molecule has 2 nitrogen and oxygen atoms in total. The number of hydrogen-bond donors (Lipinski definition) is 1. The smallest absolute Gasteiger partial charge is 0.0359 e. The van der Waals surface area contributed by atoms with E-state index in [1.807, 2.05) is 0 Å². The Labute approximate surface area is 114 Å². The first-order chi connectivity index (χ1) is 8.70. The van der Waals surface area contributed by atoms with Gasteiger partial charge < -0.3 is 10.2 Å². The molecule has 2 rings (SSSR count). The van der Waals surface area contributed by atoms with Gasteiger partial charge in [0.25, 0.3) is 0 Å². The normalized spacial score (nSPS) is 26.0. The minimum absolute atomic E-state index is 0.449. The molecule has 0 heterocycles.